The lowest BCUT2D eigenvalue weighted by molar-refractivity contribution is -0.145. The van der Waals surface area contributed by atoms with Crippen LogP contribution in [0.2, 0.25) is 0 Å². The van der Waals surface area contributed by atoms with E-state index in [1.54, 1.807) is 7.05 Å². The number of carboxylic acids is 1. The van der Waals surface area contributed by atoms with Crippen LogP contribution >= 0.6 is 0 Å². The molecule has 1 atom stereocenters. The van der Waals surface area contributed by atoms with Crippen LogP contribution in [0.4, 0.5) is 0 Å². The molecule has 0 aliphatic heterocycles. The van der Waals surface area contributed by atoms with Crippen LogP contribution in [0.3, 0.4) is 0 Å². The number of hydrogen-bond acceptors (Lipinski definition) is 3. The summed E-state index contributed by atoms with van der Waals surface area (Å²) in [5.74, 6) is -1.15. The molecule has 0 aliphatic carbocycles. The van der Waals surface area contributed by atoms with Gasteiger partial charge >= 0.3 is 5.97 Å². The van der Waals surface area contributed by atoms with E-state index in [2.05, 4.69) is 5.32 Å². The number of carbonyl (C=O) groups excluding carboxylic acids is 1. The Hall–Kier alpha value is -1.10. The highest BCUT2D eigenvalue weighted by Gasteiger charge is 2.20. The normalized spacial score (nSPS) is 12.2. The van der Waals surface area contributed by atoms with Crippen LogP contribution in [0.5, 0.6) is 0 Å². The number of hydrogen-bond donors (Lipinski definition) is 2. The number of carbonyl (C=O) groups is 2. The van der Waals surface area contributed by atoms with Crippen molar-refractivity contribution in [3.63, 3.8) is 0 Å². The SMILES string of the molecule is CCC(C)N(CC(=O)O)C(=O)CNC. The third-order valence-corrected chi connectivity index (χ3v) is 2.08. The van der Waals surface area contributed by atoms with Gasteiger partial charge in [-0.3, -0.25) is 9.59 Å². The number of likely N-dealkylation sites (N-methyl/N-ethyl adjacent to an activating group) is 1. The summed E-state index contributed by atoms with van der Waals surface area (Å²) in [5.41, 5.74) is 0. The molecule has 0 saturated heterocycles. The van der Waals surface area contributed by atoms with E-state index in [1.165, 1.54) is 4.90 Å². The molecule has 0 aromatic carbocycles. The predicted molar refractivity (Wildman–Crippen MR) is 53.0 cm³/mol. The third kappa shape index (κ3) is 4.23. The Morgan fingerprint density at radius 1 is 1.50 bits per heavy atom. The summed E-state index contributed by atoms with van der Waals surface area (Å²) in [6.07, 6.45) is 0.753. The molecule has 0 bridgehead atoms. The lowest BCUT2D eigenvalue weighted by Crippen LogP contribution is -2.45. The third-order valence-electron chi connectivity index (χ3n) is 2.08. The fraction of sp³-hybridized carbons (Fsp3) is 0.778. The maximum Gasteiger partial charge on any atom is 0.323 e. The van der Waals surface area contributed by atoms with Gasteiger partial charge in [-0.15, -0.1) is 0 Å². The molecule has 0 aromatic heterocycles. The lowest BCUT2D eigenvalue weighted by Gasteiger charge is -2.26. The smallest absolute Gasteiger partial charge is 0.323 e. The Bertz CT molecular complexity index is 206. The summed E-state index contributed by atoms with van der Waals surface area (Å²) in [6.45, 7) is 3.72. The second kappa shape index (κ2) is 6.37. The number of aliphatic carboxylic acids is 1. The molecule has 0 aliphatic rings. The van der Waals surface area contributed by atoms with Crippen LogP contribution in [0, 0.1) is 0 Å². The van der Waals surface area contributed by atoms with Crippen molar-refractivity contribution in [3.8, 4) is 0 Å². The van der Waals surface area contributed by atoms with Crippen molar-refractivity contribution in [3.05, 3.63) is 0 Å². The average molecular weight is 202 g/mol. The highest BCUT2D eigenvalue weighted by atomic mass is 16.4. The number of nitrogens with one attached hydrogen (secondary N) is 1. The van der Waals surface area contributed by atoms with Crippen LogP contribution in [0.15, 0.2) is 0 Å². The van der Waals surface area contributed by atoms with E-state index < -0.39 is 5.97 Å². The highest BCUT2D eigenvalue weighted by molar-refractivity contribution is 5.83. The summed E-state index contributed by atoms with van der Waals surface area (Å²) < 4.78 is 0. The molecule has 1 unspecified atom stereocenters. The van der Waals surface area contributed by atoms with Gasteiger partial charge in [-0.05, 0) is 20.4 Å². The van der Waals surface area contributed by atoms with Gasteiger partial charge < -0.3 is 15.3 Å². The molecule has 5 nitrogen and oxygen atoms in total. The Morgan fingerprint density at radius 3 is 2.43 bits per heavy atom. The largest absolute Gasteiger partial charge is 0.480 e. The monoisotopic (exact) mass is 202 g/mol. The lowest BCUT2D eigenvalue weighted by atomic mass is 10.2. The van der Waals surface area contributed by atoms with E-state index >= 15 is 0 Å². The number of amides is 1. The standard InChI is InChI=1S/C9H18N2O3/c1-4-7(2)11(6-9(13)14)8(12)5-10-3/h7,10H,4-6H2,1-3H3,(H,13,14). The molecule has 0 saturated carbocycles. The quantitative estimate of drug-likeness (QED) is 0.632. The van der Waals surface area contributed by atoms with Crippen LogP contribution in [-0.2, 0) is 9.59 Å². The van der Waals surface area contributed by atoms with Crippen LogP contribution < -0.4 is 5.32 Å². The molecule has 0 spiro atoms. The molecule has 82 valence electrons. The molecule has 2 N–H and O–H groups in total. The first-order chi connectivity index (χ1) is 6.52. The van der Waals surface area contributed by atoms with Gasteiger partial charge in [0, 0.05) is 6.04 Å². The second-order valence-corrected chi connectivity index (χ2v) is 3.20. The average Bonchev–Trinajstić information content (AvgIpc) is 2.13. The Balaban J connectivity index is 4.37. The minimum atomic E-state index is -0.977. The highest BCUT2D eigenvalue weighted by Crippen LogP contribution is 2.03. The van der Waals surface area contributed by atoms with Crippen molar-refractivity contribution in [2.75, 3.05) is 20.1 Å². The topological polar surface area (TPSA) is 69.6 Å². The van der Waals surface area contributed by atoms with Gasteiger partial charge in [0.25, 0.3) is 0 Å². The minimum absolute atomic E-state index is 0.0352. The van der Waals surface area contributed by atoms with Crippen molar-refractivity contribution >= 4 is 11.9 Å². The molecule has 0 heterocycles. The van der Waals surface area contributed by atoms with Crippen molar-refractivity contribution in [1.82, 2.24) is 10.2 Å². The van der Waals surface area contributed by atoms with Crippen LogP contribution in [-0.4, -0.2) is 48.1 Å². The second-order valence-electron chi connectivity index (χ2n) is 3.20. The Kier molecular flexibility index (Phi) is 5.87. The summed E-state index contributed by atoms with van der Waals surface area (Å²) in [4.78, 5) is 23.4. The molecule has 0 aromatic rings. The molecule has 0 fully saturated rings. The summed E-state index contributed by atoms with van der Waals surface area (Å²) in [6, 6.07) is -0.0352. The molecule has 1 amide bonds. The molecular formula is C9H18N2O3. The van der Waals surface area contributed by atoms with E-state index in [0.29, 0.717) is 0 Å². The summed E-state index contributed by atoms with van der Waals surface area (Å²) >= 11 is 0. The van der Waals surface area contributed by atoms with Crippen LogP contribution in [0.25, 0.3) is 0 Å². The summed E-state index contributed by atoms with van der Waals surface area (Å²) in [5, 5.41) is 11.3. The van der Waals surface area contributed by atoms with Gasteiger partial charge in [0.15, 0.2) is 0 Å². The van der Waals surface area contributed by atoms with E-state index in [-0.39, 0.29) is 25.0 Å². The van der Waals surface area contributed by atoms with Gasteiger partial charge in [-0.2, -0.15) is 0 Å². The number of rotatable bonds is 6. The van der Waals surface area contributed by atoms with E-state index in [9.17, 15) is 9.59 Å². The van der Waals surface area contributed by atoms with E-state index in [1.807, 2.05) is 13.8 Å². The first kappa shape index (κ1) is 12.9. The number of carboxylic acid groups (broad SMARTS) is 1. The molecule has 14 heavy (non-hydrogen) atoms. The molecule has 0 radical (unpaired) electrons. The van der Waals surface area contributed by atoms with E-state index in [0.717, 1.165) is 6.42 Å². The van der Waals surface area contributed by atoms with Crippen molar-refractivity contribution in [2.24, 2.45) is 0 Å². The van der Waals surface area contributed by atoms with Crippen LogP contribution in [0.1, 0.15) is 20.3 Å². The maximum atomic E-state index is 11.5. The van der Waals surface area contributed by atoms with Gasteiger partial charge in [-0.1, -0.05) is 6.92 Å². The van der Waals surface area contributed by atoms with E-state index in [4.69, 9.17) is 5.11 Å². The van der Waals surface area contributed by atoms with Gasteiger partial charge in [-0.25, -0.2) is 0 Å². The van der Waals surface area contributed by atoms with Gasteiger partial charge in [0.2, 0.25) is 5.91 Å². The summed E-state index contributed by atoms with van der Waals surface area (Å²) in [7, 11) is 1.66. The zero-order valence-electron chi connectivity index (χ0n) is 8.91. The Labute approximate surface area is 84.1 Å². The minimum Gasteiger partial charge on any atom is -0.480 e. The fourth-order valence-electron chi connectivity index (χ4n) is 1.11. The molecule has 5 heteroatoms. The van der Waals surface area contributed by atoms with Crippen molar-refractivity contribution in [2.45, 2.75) is 26.3 Å². The first-order valence-corrected chi connectivity index (χ1v) is 4.68. The maximum absolute atomic E-state index is 11.5. The van der Waals surface area contributed by atoms with Gasteiger partial charge in [0.1, 0.15) is 6.54 Å². The first-order valence-electron chi connectivity index (χ1n) is 4.68. The fourth-order valence-corrected chi connectivity index (χ4v) is 1.11. The zero-order chi connectivity index (χ0) is 11.1. The molecular weight excluding hydrogens is 184 g/mol. The molecule has 0 rings (SSSR count). The van der Waals surface area contributed by atoms with Gasteiger partial charge in [0.05, 0.1) is 6.54 Å². The Morgan fingerprint density at radius 2 is 2.07 bits per heavy atom. The van der Waals surface area contributed by atoms with Crippen molar-refractivity contribution < 1.29 is 14.7 Å². The zero-order valence-corrected chi connectivity index (χ0v) is 8.91. The number of nitrogens with zero attached hydrogens (tertiary/aromatic N) is 1. The van der Waals surface area contributed by atoms with Crippen molar-refractivity contribution in [1.29, 1.82) is 0 Å². The predicted octanol–water partition coefficient (Wildman–Crippen LogP) is -0.0825.